The number of hydrogen-bond acceptors (Lipinski definition) is 2. The van der Waals surface area contributed by atoms with Crippen LogP contribution in [0.2, 0.25) is 0 Å². The van der Waals surface area contributed by atoms with Gasteiger partial charge in [-0.2, -0.15) is 0 Å². The van der Waals surface area contributed by atoms with E-state index in [1.165, 1.54) is 27.1 Å². The number of aryl methyl sites for hydroxylation is 3. The lowest BCUT2D eigenvalue weighted by atomic mass is 9.99. The first kappa shape index (κ1) is 14.3. The van der Waals surface area contributed by atoms with Crippen LogP contribution in [0.3, 0.4) is 0 Å². The average Bonchev–Trinajstić information content (AvgIpc) is 2.79. The molecule has 2 rings (SSSR count). The SMILES string of the molecule is CCNC(Cc1ccc(C)c(C)c1)c1sccc1C. The van der Waals surface area contributed by atoms with E-state index in [9.17, 15) is 0 Å². The minimum atomic E-state index is 0.437. The molecule has 0 aliphatic rings. The zero-order valence-corrected chi connectivity index (χ0v) is 13.1. The molecule has 0 radical (unpaired) electrons. The first-order valence-electron chi connectivity index (χ1n) is 6.95. The van der Waals surface area contributed by atoms with Gasteiger partial charge in [0.2, 0.25) is 0 Å². The highest BCUT2D eigenvalue weighted by Crippen LogP contribution is 2.27. The van der Waals surface area contributed by atoms with E-state index in [1.807, 2.05) is 11.3 Å². The van der Waals surface area contributed by atoms with Crippen LogP contribution in [-0.2, 0) is 6.42 Å². The molecular formula is C17H23NS. The van der Waals surface area contributed by atoms with Gasteiger partial charge in [-0.1, -0.05) is 25.1 Å². The maximum absolute atomic E-state index is 3.62. The largest absolute Gasteiger partial charge is 0.309 e. The van der Waals surface area contributed by atoms with Gasteiger partial charge in [0.1, 0.15) is 0 Å². The van der Waals surface area contributed by atoms with Crippen LogP contribution in [0.4, 0.5) is 0 Å². The minimum Gasteiger partial charge on any atom is -0.309 e. The highest BCUT2D eigenvalue weighted by Gasteiger charge is 2.15. The van der Waals surface area contributed by atoms with Crippen molar-refractivity contribution >= 4 is 11.3 Å². The second kappa shape index (κ2) is 6.36. The van der Waals surface area contributed by atoms with Crippen molar-refractivity contribution in [2.24, 2.45) is 0 Å². The van der Waals surface area contributed by atoms with E-state index in [-0.39, 0.29) is 0 Å². The summed E-state index contributed by atoms with van der Waals surface area (Å²) in [6, 6.07) is 9.46. The van der Waals surface area contributed by atoms with Gasteiger partial charge in [-0.3, -0.25) is 0 Å². The molecule has 102 valence electrons. The molecule has 1 aromatic heterocycles. The number of nitrogens with one attached hydrogen (secondary N) is 1. The van der Waals surface area contributed by atoms with Crippen LogP contribution in [0, 0.1) is 20.8 Å². The third-order valence-electron chi connectivity index (χ3n) is 3.68. The molecule has 1 atom stereocenters. The van der Waals surface area contributed by atoms with Gasteiger partial charge in [-0.25, -0.2) is 0 Å². The molecular weight excluding hydrogens is 250 g/mol. The fraction of sp³-hybridized carbons (Fsp3) is 0.412. The van der Waals surface area contributed by atoms with Gasteiger partial charge in [-0.15, -0.1) is 11.3 Å². The van der Waals surface area contributed by atoms with E-state index in [2.05, 4.69) is 62.7 Å². The Labute approximate surface area is 120 Å². The zero-order chi connectivity index (χ0) is 13.8. The molecule has 0 saturated carbocycles. The van der Waals surface area contributed by atoms with Crippen LogP contribution in [0.1, 0.15) is 40.1 Å². The topological polar surface area (TPSA) is 12.0 Å². The fourth-order valence-corrected chi connectivity index (χ4v) is 3.42. The summed E-state index contributed by atoms with van der Waals surface area (Å²) in [5, 5.41) is 5.81. The lowest BCUT2D eigenvalue weighted by Gasteiger charge is -2.18. The van der Waals surface area contributed by atoms with Crippen LogP contribution in [0.15, 0.2) is 29.6 Å². The van der Waals surface area contributed by atoms with E-state index in [1.54, 1.807) is 0 Å². The normalized spacial score (nSPS) is 12.6. The standard InChI is InChI=1S/C17H23NS/c1-5-18-16(17-13(3)8-9-19-17)11-15-7-6-12(2)14(4)10-15/h6-10,16,18H,5,11H2,1-4H3. The summed E-state index contributed by atoms with van der Waals surface area (Å²) in [6.45, 7) is 9.75. The summed E-state index contributed by atoms with van der Waals surface area (Å²) in [5.74, 6) is 0. The monoisotopic (exact) mass is 273 g/mol. The molecule has 2 heteroatoms. The lowest BCUT2D eigenvalue weighted by Crippen LogP contribution is -2.22. The van der Waals surface area contributed by atoms with E-state index < -0.39 is 0 Å². The van der Waals surface area contributed by atoms with Crippen molar-refractivity contribution in [2.75, 3.05) is 6.54 Å². The van der Waals surface area contributed by atoms with Crippen LogP contribution in [0.5, 0.6) is 0 Å². The summed E-state index contributed by atoms with van der Waals surface area (Å²) in [7, 11) is 0. The Kier molecular flexibility index (Phi) is 4.78. The van der Waals surface area contributed by atoms with Crippen LogP contribution in [0.25, 0.3) is 0 Å². The molecule has 0 fully saturated rings. The molecule has 0 saturated heterocycles. The molecule has 2 aromatic rings. The second-order valence-electron chi connectivity index (χ2n) is 5.20. The van der Waals surface area contributed by atoms with Crippen molar-refractivity contribution in [2.45, 2.75) is 40.2 Å². The molecule has 1 nitrogen and oxygen atoms in total. The highest BCUT2D eigenvalue weighted by molar-refractivity contribution is 7.10. The van der Waals surface area contributed by atoms with Gasteiger partial charge in [0, 0.05) is 10.9 Å². The predicted octanol–water partition coefficient (Wildman–Crippen LogP) is 4.57. The number of benzene rings is 1. The molecule has 1 heterocycles. The van der Waals surface area contributed by atoms with E-state index >= 15 is 0 Å². The first-order valence-corrected chi connectivity index (χ1v) is 7.83. The highest BCUT2D eigenvalue weighted by atomic mass is 32.1. The molecule has 0 aliphatic carbocycles. The van der Waals surface area contributed by atoms with Crippen molar-refractivity contribution in [3.05, 3.63) is 56.8 Å². The number of thiophene rings is 1. The Hall–Kier alpha value is -1.12. The van der Waals surface area contributed by atoms with Crippen molar-refractivity contribution in [3.8, 4) is 0 Å². The predicted molar refractivity (Wildman–Crippen MR) is 85.1 cm³/mol. The molecule has 0 spiro atoms. The summed E-state index contributed by atoms with van der Waals surface area (Å²) in [4.78, 5) is 1.47. The fourth-order valence-electron chi connectivity index (χ4n) is 2.41. The third kappa shape index (κ3) is 3.46. The van der Waals surface area contributed by atoms with Gasteiger partial charge < -0.3 is 5.32 Å². The quantitative estimate of drug-likeness (QED) is 0.841. The maximum Gasteiger partial charge on any atom is 0.0458 e. The third-order valence-corrected chi connectivity index (χ3v) is 4.81. The molecule has 1 aromatic carbocycles. The summed E-state index contributed by atoms with van der Waals surface area (Å²) in [5.41, 5.74) is 5.58. The van der Waals surface area contributed by atoms with Crippen molar-refractivity contribution in [1.82, 2.24) is 5.32 Å². The molecule has 1 N–H and O–H groups in total. The Balaban J connectivity index is 2.21. The second-order valence-corrected chi connectivity index (χ2v) is 6.15. The van der Waals surface area contributed by atoms with Crippen LogP contribution >= 0.6 is 11.3 Å². The number of likely N-dealkylation sites (N-methyl/N-ethyl adjacent to an activating group) is 1. The maximum atomic E-state index is 3.62. The van der Waals surface area contributed by atoms with Gasteiger partial charge in [0.15, 0.2) is 0 Å². The van der Waals surface area contributed by atoms with Gasteiger partial charge in [0.25, 0.3) is 0 Å². The minimum absolute atomic E-state index is 0.437. The van der Waals surface area contributed by atoms with Crippen molar-refractivity contribution in [1.29, 1.82) is 0 Å². The molecule has 19 heavy (non-hydrogen) atoms. The van der Waals surface area contributed by atoms with Crippen LogP contribution in [-0.4, -0.2) is 6.54 Å². The summed E-state index contributed by atoms with van der Waals surface area (Å²) >= 11 is 1.86. The lowest BCUT2D eigenvalue weighted by molar-refractivity contribution is 0.556. The van der Waals surface area contributed by atoms with Crippen LogP contribution < -0.4 is 5.32 Å². The average molecular weight is 273 g/mol. The molecule has 1 unspecified atom stereocenters. The van der Waals surface area contributed by atoms with Gasteiger partial charge >= 0.3 is 0 Å². The van der Waals surface area contributed by atoms with E-state index in [4.69, 9.17) is 0 Å². The van der Waals surface area contributed by atoms with Crippen molar-refractivity contribution < 1.29 is 0 Å². The molecule has 0 amide bonds. The van der Waals surface area contributed by atoms with Gasteiger partial charge in [-0.05, 0) is 67.4 Å². The number of hydrogen-bond donors (Lipinski definition) is 1. The van der Waals surface area contributed by atoms with Crippen molar-refractivity contribution in [3.63, 3.8) is 0 Å². The molecule has 0 aliphatic heterocycles. The van der Waals surface area contributed by atoms with E-state index in [0.717, 1.165) is 13.0 Å². The zero-order valence-electron chi connectivity index (χ0n) is 12.3. The molecule has 0 bridgehead atoms. The Morgan fingerprint density at radius 1 is 1.05 bits per heavy atom. The Morgan fingerprint density at radius 2 is 1.84 bits per heavy atom. The number of rotatable bonds is 5. The van der Waals surface area contributed by atoms with Gasteiger partial charge in [0.05, 0.1) is 0 Å². The smallest absolute Gasteiger partial charge is 0.0458 e. The van der Waals surface area contributed by atoms with E-state index in [0.29, 0.717) is 6.04 Å². The Morgan fingerprint density at radius 3 is 2.42 bits per heavy atom. The summed E-state index contributed by atoms with van der Waals surface area (Å²) in [6.07, 6.45) is 1.07. The summed E-state index contributed by atoms with van der Waals surface area (Å²) < 4.78 is 0. The first-order chi connectivity index (χ1) is 9.11. The Bertz CT molecular complexity index is 542.